The van der Waals surface area contributed by atoms with E-state index in [4.69, 9.17) is 9.47 Å². The third kappa shape index (κ3) is 2.79. The minimum Gasteiger partial charge on any atom is -0.496 e. The van der Waals surface area contributed by atoms with Crippen LogP contribution in [0.5, 0.6) is 5.75 Å². The van der Waals surface area contributed by atoms with E-state index >= 15 is 0 Å². The number of ether oxygens (including phenoxy) is 2. The predicted octanol–water partition coefficient (Wildman–Crippen LogP) is 2.51. The molecular weight excluding hydrogens is 288 g/mol. The van der Waals surface area contributed by atoms with Gasteiger partial charge in [-0.25, -0.2) is 0 Å². The molecule has 0 aliphatic rings. The molecule has 0 bridgehead atoms. The fourth-order valence-corrected chi connectivity index (χ4v) is 2.68. The quantitative estimate of drug-likeness (QED) is 0.724. The Morgan fingerprint density at radius 1 is 1.19 bits per heavy atom. The van der Waals surface area contributed by atoms with Gasteiger partial charge in [0.15, 0.2) is 5.82 Å². The first-order valence-electron chi connectivity index (χ1n) is 6.33. The second kappa shape index (κ2) is 6.02. The lowest BCUT2D eigenvalue weighted by Gasteiger charge is -2.02. The van der Waals surface area contributed by atoms with Crippen molar-refractivity contribution in [3.63, 3.8) is 0 Å². The number of methoxy groups -OCH3 is 2. The average Bonchev–Trinajstić information content (AvgIpc) is 3.07. The van der Waals surface area contributed by atoms with Gasteiger partial charge in [0.1, 0.15) is 17.4 Å². The summed E-state index contributed by atoms with van der Waals surface area (Å²) in [7, 11) is 3.28. The van der Waals surface area contributed by atoms with Crippen LogP contribution >= 0.6 is 11.3 Å². The number of nitrogens with zero attached hydrogens (tertiary/aromatic N) is 4. The van der Waals surface area contributed by atoms with Gasteiger partial charge in [-0.05, 0) is 18.2 Å². The van der Waals surface area contributed by atoms with Gasteiger partial charge < -0.3 is 9.47 Å². The van der Waals surface area contributed by atoms with Crippen molar-refractivity contribution in [1.82, 2.24) is 19.8 Å². The summed E-state index contributed by atoms with van der Waals surface area (Å²) in [4.78, 5) is 0.752. The molecule has 2 heterocycles. The number of aromatic nitrogens is 4. The molecule has 7 heteroatoms. The van der Waals surface area contributed by atoms with Crippen molar-refractivity contribution in [2.45, 2.75) is 6.61 Å². The molecule has 0 amide bonds. The minimum absolute atomic E-state index is 0.389. The number of rotatable bonds is 5. The molecule has 0 atom stereocenters. The number of benzene rings is 1. The Bertz CT molecular complexity index is 778. The molecule has 0 spiro atoms. The van der Waals surface area contributed by atoms with Crippen LogP contribution in [0.15, 0.2) is 24.3 Å². The Morgan fingerprint density at radius 2 is 2.05 bits per heavy atom. The van der Waals surface area contributed by atoms with Crippen molar-refractivity contribution in [3.8, 4) is 5.75 Å². The zero-order valence-electron chi connectivity index (χ0n) is 11.7. The smallest absolute Gasteiger partial charge is 0.235 e. The summed E-state index contributed by atoms with van der Waals surface area (Å²) in [5.41, 5.74) is 1.00. The Balaban J connectivity index is 1.89. The summed E-state index contributed by atoms with van der Waals surface area (Å²) < 4.78 is 12.1. The molecule has 2 aromatic heterocycles. The molecule has 3 rings (SSSR count). The van der Waals surface area contributed by atoms with Crippen LogP contribution in [0.2, 0.25) is 0 Å². The lowest BCUT2D eigenvalue weighted by molar-refractivity contribution is 0.176. The molecule has 1 aromatic carbocycles. The highest BCUT2D eigenvalue weighted by Crippen LogP contribution is 2.21. The first kappa shape index (κ1) is 13.7. The van der Waals surface area contributed by atoms with Crippen molar-refractivity contribution in [1.29, 1.82) is 0 Å². The molecular formula is C14H14N4O2S. The predicted molar refractivity (Wildman–Crippen MR) is 81.3 cm³/mol. The third-order valence-electron chi connectivity index (χ3n) is 2.89. The maximum absolute atomic E-state index is 5.32. The van der Waals surface area contributed by atoms with Gasteiger partial charge in [0.05, 0.1) is 7.11 Å². The molecule has 21 heavy (non-hydrogen) atoms. The van der Waals surface area contributed by atoms with Gasteiger partial charge in [-0.3, -0.25) is 0 Å². The third-order valence-corrected chi connectivity index (χ3v) is 3.75. The van der Waals surface area contributed by atoms with Crippen LogP contribution in [0, 0.1) is 0 Å². The van der Waals surface area contributed by atoms with Crippen LogP contribution in [-0.2, 0) is 11.3 Å². The summed E-state index contributed by atoms with van der Waals surface area (Å²) in [5, 5.41) is 13.4. The second-order valence-corrected chi connectivity index (χ2v) is 5.25. The summed E-state index contributed by atoms with van der Waals surface area (Å²) in [6, 6.07) is 7.83. The van der Waals surface area contributed by atoms with Gasteiger partial charge in [-0.2, -0.15) is 9.61 Å². The largest absolute Gasteiger partial charge is 0.496 e. The van der Waals surface area contributed by atoms with Crippen molar-refractivity contribution >= 4 is 28.4 Å². The van der Waals surface area contributed by atoms with Crippen LogP contribution < -0.4 is 4.74 Å². The first-order valence-corrected chi connectivity index (χ1v) is 7.14. The van der Waals surface area contributed by atoms with E-state index in [-0.39, 0.29) is 0 Å². The zero-order chi connectivity index (χ0) is 14.7. The summed E-state index contributed by atoms with van der Waals surface area (Å²) in [6.45, 7) is 0.389. The number of fused-ring (bicyclic) bond motifs is 1. The maximum Gasteiger partial charge on any atom is 0.235 e. The molecule has 0 unspecified atom stereocenters. The highest BCUT2D eigenvalue weighted by Gasteiger charge is 2.09. The van der Waals surface area contributed by atoms with Crippen LogP contribution in [0.1, 0.15) is 16.4 Å². The molecule has 0 saturated carbocycles. The minimum atomic E-state index is 0.389. The van der Waals surface area contributed by atoms with E-state index in [2.05, 4.69) is 15.3 Å². The van der Waals surface area contributed by atoms with Crippen LogP contribution in [0.3, 0.4) is 0 Å². The molecule has 6 nitrogen and oxygen atoms in total. The fraction of sp³-hybridized carbons (Fsp3) is 0.214. The summed E-state index contributed by atoms with van der Waals surface area (Å²) in [5.74, 6) is 1.53. The van der Waals surface area contributed by atoms with E-state index in [9.17, 15) is 0 Å². The van der Waals surface area contributed by atoms with E-state index in [0.29, 0.717) is 12.4 Å². The molecule has 0 N–H and O–H groups in total. The molecule has 108 valence electrons. The zero-order valence-corrected chi connectivity index (χ0v) is 12.5. The molecule has 3 aromatic rings. The van der Waals surface area contributed by atoms with Crippen LogP contribution in [0.4, 0.5) is 0 Å². The van der Waals surface area contributed by atoms with Gasteiger partial charge in [0.2, 0.25) is 4.96 Å². The van der Waals surface area contributed by atoms with E-state index < -0.39 is 0 Å². The molecule has 0 aliphatic heterocycles. The molecule has 0 aliphatic carbocycles. The van der Waals surface area contributed by atoms with E-state index in [0.717, 1.165) is 21.3 Å². The van der Waals surface area contributed by atoms with E-state index in [1.807, 2.05) is 36.4 Å². The van der Waals surface area contributed by atoms with E-state index in [1.54, 1.807) is 18.7 Å². The fourth-order valence-electron chi connectivity index (χ4n) is 1.92. The first-order chi connectivity index (χ1) is 10.3. The summed E-state index contributed by atoms with van der Waals surface area (Å²) >= 11 is 1.47. The van der Waals surface area contributed by atoms with Crippen molar-refractivity contribution in [2.75, 3.05) is 14.2 Å². The van der Waals surface area contributed by atoms with Crippen LogP contribution in [0.25, 0.3) is 17.1 Å². The lowest BCUT2D eigenvalue weighted by Crippen LogP contribution is -1.97. The van der Waals surface area contributed by atoms with Crippen molar-refractivity contribution in [3.05, 3.63) is 40.7 Å². The molecule has 0 fully saturated rings. The normalized spacial score (nSPS) is 11.5. The average molecular weight is 302 g/mol. The monoisotopic (exact) mass is 302 g/mol. The second-order valence-electron chi connectivity index (χ2n) is 4.26. The Hall–Kier alpha value is -2.25. The van der Waals surface area contributed by atoms with Crippen molar-refractivity contribution < 1.29 is 9.47 Å². The van der Waals surface area contributed by atoms with Crippen molar-refractivity contribution in [2.24, 2.45) is 0 Å². The van der Waals surface area contributed by atoms with Gasteiger partial charge in [0.25, 0.3) is 0 Å². The Morgan fingerprint density at radius 3 is 2.86 bits per heavy atom. The van der Waals surface area contributed by atoms with Gasteiger partial charge in [-0.15, -0.1) is 10.2 Å². The molecule has 0 saturated heterocycles. The maximum atomic E-state index is 5.32. The van der Waals surface area contributed by atoms with Gasteiger partial charge in [0, 0.05) is 12.7 Å². The topological polar surface area (TPSA) is 61.5 Å². The Labute approximate surface area is 125 Å². The molecule has 0 radical (unpaired) electrons. The summed E-state index contributed by atoms with van der Waals surface area (Å²) in [6.07, 6.45) is 3.91. The standard InChI is InChI=1S/C14H14N4O2S/c1-19-9-12-15-16-14-18(12)17-13(21-14)8-7-10-5-3-4-6-11(10)20-2/h3-8H,9H2,1-2H3. The SMILES string of the molecule is COCc1nnc2sc(C=Cc3ccccc3OC)nn12. The lowest BCUT2D eigenvalue weighted by atomic mass is 10.2. The number of hydrogen-bond acceptors (Lipinski definition) is 6. The highest BCUT2D eigenvalue weighted by molar-refractivity contribution is 7.17. The van der Waals surface area contributed by atoms with Crippen LogP contribution in [-0.4, -0.2) is 34.0 Å². The Kier molecular flexibility index (Phi) is 3.94. The van der Waals surface area contributed by atoms with E-state index in [1.165, 1.54) is 11.3 Å². The number of hydrogen-bond donors (Lipinski definition) is 0. The number of para-hydroxylation sites is 1. The van der Waals surface area contributed by atoms with Gasteiger partial charge in [-0.1, -0.05) is 29.5 Å². The van der Waals surface area contributed by atoms with Gasteiger partial charge >= 0.3 is 0 Å². The highest BCUT2D eigenvalue weighted by atomic mass is 32.1.